The smallest absolute Gasteiger partial charge is 0.248 e. The Morgan fingerprint density at radius 1 is 1.12 bits per heavy atom. The first kappa shape index (κ1) is 16.2. The Labute approximate surface area is 148 Å². The van der Waals surface area contributed by atoms with Gasteiger partial charge in [-0.05, 0) is 35.9 Å². The zero-order chi connectivity index (χ0) is 16.9. The van der Waals surface area contributed by atoms with Gasteiger partial charge in [0, 0.05) is 27.7 Å². The number of hydrogen-bond donors (Lipinski definition) is 2. The van der Waals surface area contributed by atoms with Crippen LogP contribution in [0.2, 0.25) is 5.02 Å². The van der Waals surface area contributed by atoms with Gasteiger partial charge >= 0.3 is 0 Å². The zero-order valence-corrected chi connectivity index (χ0v) is 14.1. The molecule has 4 nitrogen and oxygen atoms in total. The number of nitrogen functional groups attached to an aromatic ring is 1. The van der Waals surface area contributed by atoms with Gasteiger partial charge in [-0.25, -0.2) is 4.98 Å². The molecule has 0 unspecified atom stereocenters. The van der Waals surface area contributed by atoms with E-state index < -0.39 is 0 Å². The van der Waals surface area contributed by atoms with Crippen LogP contribution in [0.4, 0.5) is 10.8 Å². The third-order valence-corrected chi connectivity index (χ3v) is 4.19. The van der Waals surface area contributed by atoms with Crippen molar-refractivity contribution >= 4 is 45.7 Å². The van der Waals surface area contributed by atoms with E-state index in [2.05, 4.69) is 10.3 Å². The van der Waals surface area contributed by atoms with Crippen LogP contribution in [0.25, 0.3) is 17.3 Å². The zero-order valence-electron chi connectivity index (χ0n) is 12.6. The maximum atomic E-state index is 12.0. The summed E-state index contributed by atoms with van der Waals surface area (Å²) in [5, 5.41) is 5.92. The van der Waals surface area contributed by atoms with Gasteiger partial charge in [0.1, 0.15) is 0 Å². The van der Waals surface area contributed by atoms with Gasteiger partial charge in [0.2, 0.25) is 5.91 Å². The molecule has 0 bridgehead atoms. The predicted molar refractivity (Wildman–Crippen MR) is 101 cm³/mol. The number of benzene rings is 2. The molecular formula is C18H14ClN3OS. The normalized spacial score (nSPS) is 10.9. The van der Waals surface area contributed by atoms with Gasteiger partial charge in [0.25, 0.3) is 0 Å². The molecule has 3 N–H and O–H groups in total. The molecule has 0 aliphatic heterocycles. The van der Waals surface area contributed by atoms with Crippen LogP contribution in [-0.2, 0) is 4.79 Å². The van der Waals surface area contributed by atoms with Crippen molar-refractivity contribution in [3.63, 3.8) is 0 Å². The molecule has 0 aliphatic rings. The quantitative estimate of drug-likeness (QED) is 0.666. The molecule has 2 aromatic carbocycles. The second-order valence-corrected chi connectivity index (χ2v) is 6.35. The summed E-state index contributed by atoms with van der Waals surface area (Å²) in [6.07, 6.45) is 3.22. The first-order valence-corrected chi connectivity index (χ1v) is 8.42. The first-order chi connectivity index (χ1) is 11.6. The molecule has 1 aromatic heterocycles. The van der Waals surface area contributed by atoms with Gasteiger partial charge in [0.05, 0.1) is 5.69 Å². The molecule has 0 spiro atoms. The van der Waals surface area contributed by atoms with Crippen molar-refractivity contribution in [2.75, 3.05) is 11.1 Å². The van der Waals surface area contributed by atoms with Crippen molar-refractivity contribution in [2.24, 2.45) is 0 Å². The van der Waals surface area contributed by atoms with Crippen LogP contribution in [-0.4, -0.2) is 10.9 Å². The number of halogens is 1. The van der Waals surface area contributed by atoms with E-state index in [1.807, 2.05) is 41.8 Å². The highest BCUT2D eigenvalue weighted by atomic mass is 35.5. The average molecular weight is 356 g/mol. The highest BCUT2D eigenvalue weighted by Gasteiger charge is 2.03. The maximum Gasteiger partial charge on any atom is 0.248 e. The van der Waals surface area contributed by atoms with Crippen molar-refractivity contribution in [3.05, 3.63) is 70.6 Å². The average Bonchev–Trinajstić information content (AvgIpc) is 3.01. The summed E-state index contributed by atoms with van der Waals surface area (Å²) in [6, 6.07) is 14.7. The monoisotopic (exact) mass is 355 g/mol. The summed E-state index contributed by atoms with van der Waals surface area (Å²) in [7, 11) is 0. The summed E-state index contributed by atoms with van der Waals surface area (Å²) in [4.78, 5) is 16.2. The number of anilines is 2. The van der Waals surface area contributed by atoms with Crippen molar-refractivity contribution < 1.29 is 4.79 Å². The maximum absolute atomic E-state index is 12.0. The first-order valence-electron chi connectivity index (χ1n) is 7.16. The third kappa shape index (κ3) is 4.22. The van der Waals surface area contributed by atoms with Gasteiger partial charge in [0.15, 0.2) is 5.13 Å². The Hall–Kier alpha value is -2.63. The second kappa shape index (κ2) is 7.29. The summed E-state index contributed by atoms with van der Waals surface area (Å²) in [5.41, 5.74) is 9.05. The van der Waals surface area contributed by atoms with Gasteiger partial charge in [-0.15, -0.1) is 11.3 Å². The number of thiazole rings is 1. The lowest BCUT2D eigenvalue weighted by molar-refractivity contribution is -0.111. The highest BCUT2D eigenvalue weighted by molar-refractivity contribution is 7.13. The van der Waals surface area contributed by atoms with E-state index in [0.29, 0.717) is 15.8 Å². The minimum absolute atomic E-state index is 0.199. The topological polar surface area (TPSA) is 68.0 Å². The van der Waals surface area contributed by atoms with E-state index in [-0.39, 0.29) is 5.91 Å². The van der Waals surface area contributed by atoms with Crippen LogP contribution in [0, 0.1) is 0 Å². The summed E-state index contributed by atoms with van der Waals surface area (Å²) in [5.74, 6) is -0.199. The minimum atomic E-state index is -0.199. The lowest BCUT2D eigenvalue weighted by Gasteiger charge is -2.03. The van der Waals surface area contributed by atoms with E-state index in [1.165, 1.54) is 17.4 Å². The van der Waals surface area contributed by atoms with Crippen LogP contribution in [0.5, 0.6) is 0 Å². The number of carbonyl (C=O) groups excluding carboxylic acids is 1. The highest BCUT2D eigenvalue weighted by Crippen LogP contribution is 2.24. The molecule has 120 valence electrons. The molecule has 0 fully saturated rings. The molecule has 6 heteroatoms. The molecule has 24 heavy (non-hydrogen) atoms. The molecule has 0 aliphatic carbocycles. The summed E-state index contributed by atoms with van der Waals surface area (Å²) >= 11 is 7.22. The SMILES string of the molecule is Nc1nc(-c2ccc(NC(=O)/C=C/c3ccc(Cl)cc3)cc2)cs1. The summed E-state index contributed by atoms with van der Waals surface area (Å²) in [6.45, 7) is 0. The number of carbonyl (C=O) groups is 1. The van der Waals surface area contributed by atoms with E-state index >= 15 is 0 Å². The molecule has 1 amide bonds. The molecule has 3 rings (SSSR count). The van der Waals surface area contributed by atoms with Crippen LogP contribution in [0.1, 0.15) is 5.56 Å². The number of aromatic nitrogens is 1. The van der Waals surface area contributed by atoms with Crippen molar-refractivity contribution in [2.45, 2.75) is 0 Å². The van der Waals surface area contributed by atoms with Gasteiger partial charge in [-0.3, -0.25) is 4.79 Å². The fourth-order valence-corrected chi connectivity index (χ4v) is 2.77. The minimum Gasteiger partial charge on any atom is -0.375 e. The Bertz CT molecular complexity index is 870. The Balaban J connectivity index is 1.63. The number of rotatable bonds is 4. The Morgan fingerprint density at radius 2 is 1.83 bits per heavy atom. The second-order valence-electron chi connectivity index (χ2n) is 5.02. The predicted octanol–water partition coefficient (Wildman–Crippen LogP) is 4.70. The molecule has 0 saturated heterocycles. The van der Waals surface area contributed by atoms with Gasteiger partial charge in [-0.1, -0.05) is 35.9 Å². The van der Waals surface area contributed by atoms with Gasteiger partial charge < -0.3 is 11.1 Å². The van der Waals surface area contributed by atoms with E-state index in [0.717, 1.165) is 16.8 Å². The number of nitrogens with zero attached hydrogens (tertiary/aromatic N) is 1. The Morgan fingerprint density at radius 3 is 2.46 bits per heavy atom. The van der Waals surface area contributed by atoms with Crippen molar-refractivity contribution in [3.8, 4) is 11.3 Å². The number of nitrogens with one attached hydrogen (secondary N) is 1. The van der Waals surface area contributed by atoms with Crippen LogP contribution in [0.15, 0.2) is 60.0 Å². The largest absolute Gasteiger partial charge is 0.375 e. The van der Waals surface area contributed by atoms with Crippen LogP contribution >= 0.6 is 22.9 Å². The van der Waals surface area contributed by atoms with Gasteiger partial charge in [-0.2, -0.15) is 0 Å². The van der Waals surface area contributed by atoms with E-state index in [9.17, 15) is 4.79 Å². The Kier molecular flexibility index (Phi) is 4.93. The van der Waals surface area contributed by atoms with Crippen molar-refractivity contribution in [1.82, 2.24) is 4.98 Å². The third-order valence-electron chi connectivity index (χ3n) is 3.27. The summed E-state index contributed by atoms with van der Waals surface area (Å²) < 4.78 is 0. The lowest BCUT2D eigenvalue weighted by atomic mass is 10.1. The molecule has 0 radical (unpaired) electrons. The molecule has 0 saturated carbocycles. The van der Waals surface area contributed by atoms with E-state index in [1.54, 1.807) is 18.2 Å². The number of hydrogen-bond acceptors (Lipinski definition) is 4. The fraction of sp³-hybridized carbons (Fsp3) is 0. The molecular weight excluding hydrogens is 342 g/mol. The number of amides is 1. The van der Waals surface area contributed by atoms with E-state index in [4.69, 9.17) is 17.3 Å². The molecule has 0 atom stereocenters. The standard InChI is InChI=1S/C18H14ClN3OS/c19-14-6-1-12(2-7-14)3-10-17(23)21-15-8-4-13(5-9-15)16-11-24-18(20)22-16/h1-11H,(H2,20,22)(H,21,23)/b10-3+. The lowest BCUT2D eigenvalue weighted by Crippen LogP contribution is -2.07. The number of nitrogens with two attached hydrogens (primary N) is 1. The fourth-order valence-electron chi connectivity index (χ4n) is 2.07. The molecule has 1 heterocycles. The van der Waals surface area contributed by atoms with Crippen LogP contribution < -0.4 is 11.1 Å². The van der Waals surface area contributed by atoms with Crippen LogP contribution in [0.3, 0.4) is 0 Å². The molecule has 3 aromatic rings. The van der Waals surface area contributed by atoms with Crippen molar-refractivity contribution in [1.29, 1.82) is 0 Å².